The highest BCUT2D eigenvalue weighted by molar-refractivity contribution is 6.42. The van der Waals surface area contributed by atoms with Crippen molar-refractivity contribution < 1.29 is 9.90 Å². The first-order chi connectivity index (χ1) is 11.5. The summed E-state index contributed by atoms with van der Waals surface area (Å²) in [5.41, 5.74) is 2.33. The highest BCUT2D eigenvalue weighted by Crippen LogP contribution is 2.43. The minimum atomic E-state index is -0.221. The maximum atomic E-state index is 12.7. The number of hydrogen-bond acceptors (Lipinski definition) is 4. The van der Waals surface area contributed by atoms with Gasteiger partial charge < -0.3 is 15.3 Å². The molecule has 2 aliphatic rings. The fourth-order valence-corrected chi connectivity index (χ4v) is 3.84. The summed E-state index contributed by atoms with van der Waals surface area (Å²) in [6.07, 6.45) is 4.00. The second-order valence-electron chi connectivity index (χ2n) is 5.99. The monoisotopic (exact) mass is 364 g/mol. The standard InChI is InChI=1S/C16H14Cl2N4O2/c17-11-3-1-8(5-12(11)18)20-16(24)22-9-2-4-14(22)10-7-19-15(23)21-13(10)6-9/h1,3,5,7,9,14H,2,4,6H2,(H,20,24)(H,19,21,23)/t9-,14+/m1/s1. The number of nitrogens with one attached hydrogen (secondary N) is 1. The van der Waals surface area contributed by atoms with Crippen molar-refractivity contribution in [1.29, 1.82) is 0 Å². The molecule has 124 valence electrons. The summed E-state index contributed by atoms with van der Waals surface area (Å²) in [6.45, 7) is 0. The van der Waals surface area contributed by atoms with Crippen LogP contribution in [0.4, 0.5) is 10.5 Å². The van der Waals surface area contributed by atoms with Gasteiger partial charge in [-0.15, -0.1) is 0 Å². The molecule has 0 radical (unpaired) electrons. The van der Waals surface area contributed by atoms with Gasteiger partial charge in [0.25, 0.3) is 0 Å². The summed E-state index contributed by atoms with van der Waals surface area (Å²) < 4.78 is 0. The van der Waals surface area contributed by atoms with E-state index in [1.165, 1.54) is 0 Å². The summed E-state index contributed by atoms with van der Waals surface area (Å²) in [4.78, 5) is 22.6. The molecule has 2 amide bonds. The third-order valence-corrected chi connectivity index (χ3v) is 5.32. The van der Waals surface area contributed by atoms with Gasteiger partial charge in [-0.1, -0.05) is 23.2 Å². The maximum absolute atomic E-state index is 12.7. The van der Waals surface area contributed by atoms with E-state index in [2.05, 4.69) is 15.3 Å². The van der Waals surface area contributed by atoms with Gasteiger partial charge in [0.15, 0.2) is 0 Å². The van der Waals surface area contributed by atoms with Crippen LogP contribution >= 0.6 is 23.2 Å². The Morgan fingerprint density at radius 1 is 1.29 bits per heavy atom. The lowest BCUT2D eigenvalue weighted by molar-refractivity contribution is 0.178. The summed E-state index contributed by atoms with van der Waals surface area (Å²) in [5.74, 6) is 0. The van der Waals surface area contributed by atoms with Crippen LogP contribution in [0.3, 0.4) is 0 Å². The molecule has 6 nitrogen and oxygen atoms in total. The molecule has 2 aliphatic heterocycles. The molecule has 1 aromatic heterocycles. The SMILES string of the molecule is O=C(Nc1ccc(Cl)c(Cl)c1)N1[C@@H]2CC[C@H]1c1cnc(O)nc1C2. The van der Waals surface area contributed by atoms with E-state index in [9.17, 15) is 9.90 Å². The molecule has 2 atom stereocenters. The van der Waals surface area contributed by atoms with Crippen molar-refractivity contribution in [3.05, 3.63) is 45.7 Å². The molecule has 0 spiro atoms. The second kappa shape index (κ2) is 5.79. The first kappa shape index (κ1) is 15.5. The van der Waals surface area contributed by atoms with Gasteiger partial charge in [0.1, 0.15) is 0 Å². The number of nitrogens with zero attached hydrogens (tertiary/aromatic N) is 3. The van der Waals surface area contributed by atoms with Gasteiger partial charge >= 0.3 is 12.0 Å². The number of aromatic nitrogens is 2. The molecule has 2 aromatic rings. The lowest BCUT2D eigenvalue weighted by Gasteiger charge is -2.35. The third-order valence-electron chi connectivity index (χ3n) is 4.58. The number of rotatable bonds is 1. The van der Waals surface area contributed by atoms with Crippen molar-refractivity contribution in [2.45, 2.75) is 31.3 Å². The molecular weight excluding hydrogens is 351 g/mol. The summed E-state index contributed by atoms with van der Waals surface area (Å²) in [5, 5.41) is 13.2. The zero-order valence-electron chi connectivity index (χ0n) is 12.5. The highest BCUT2D eigenvalue weighted by atomic mass is 35.5. The zero-order chi connectivity index (χ0) is 16.8. The van der Waals surface area contributed by atoms with Crippen LogP contribution in [0, 0.1) is 0 Å². The van der Waals surface area contributed by atoms with E-state index in [-0.39, 0.29) is 24.1 Å². The number of anilines is 1. The van der Waals surface area contributed by atoms with Crippen molar-refractivity contribution in [2.75, 3.05) is 5.32 Å². The number of carbonyl (C=O) groups is 1. The molecule has 1 fully saturated rings. The van der Waals surface area contributed by atoms with Crippen LogP contribution < -0.4 is 5.32 Å². The average Bonchev–Trinajstić information content (AvgIpc) is 2.86. The Kier molecular flexibility index (Phi) is 3.73. The van der Waals surface area contributed by atoms with E-state index < -0.39 is 0 Å². The van der Waals surface area contributed by atoms with Crippen LogP contribution in [0.1, 0.15) is 30.1 Å². The van der Waals surface area contributed by atoms with Gasteiger partial charge in [0.2, 0.25) is 0 Å². The number of amides is 2. The minimum Gasteiger partial charge on any atom is -0.479 e. The van der Waals surface area contributed by atoms with Gasteiger partial charge in [0, 0.05) is 29.9 Å². The molecule has 4 rings (SSSR count). The number of benzene rings is 1. The molecule has 1 saturated heterocycles. The van der Waals surface area contributed by atoms with E-state index in [1.807, 2.05) is 4.90 Å². The van der Waals surface area contributed by atoms with Crippen molar-refractivity contribution >= 4 is 34.9 Å². The predicted molar refractivity (Wildman–Crippen MR) is 90.5 cm³/mol. The summed E-state index contributed by atoms with van der Waals surface area (Å²) >= 11 is 11.9. The molecule has 24 heavy (non-hydrogen) atoms. The summed E-state index contributed by atoms with van der Waals surface area (Å²) in [6, 6.07) is 4.59. The smallest absolute Gasteiger partial charge is 0.322 e. The van der Waals surface area contributed by atoms with Crippen LogP contribution in [0.25, 0.3) is 0 Å². The third kappa shape index (κ3) is 2.56. The Bertz CT molecular complexity index is 830. The van der Waals surface area contributed by atoms with E-state index in [1.54, 1.807) is 24.4 Å². The number of aromatic hydroxyl groups is 1. The average molecular weight is 365 g/mol. The van der Waals surface area contributed by atoms with Crippen molar-refractivity contribution in [2.24, 2.45) is 0 Å². The highest BCUT2D eigenvalue weighted by Gasteiger charge is 2.43. The van der Waals surface area contributed by atoms with Gasteiger partial charge in [0.05, 0.1) is 21.8 Å². The molecule has 0 unspecified atom stereocenters. The first-order valence-electron chi connectivity index (χ1n) is 7.62. The number of halogens is 2. The number of hydrogen-bond donors (Lipinski definition) is 2. The number of fused-ring (bicyclic) bond motifs is 4. The lowest BCUT2D eigenvalue weighted by Crippen LogP contribution is -2.44. The molecule has 1 aromatic carbocycles. The topological polar surface area (TPSA) is 78.4 Å². The van der Waals surface area contributed by atoms with E-state index in [0.29, 0.717) is 22.2 Å². The van der Waals surface area contributed by atoms with Gasteiger partial charge in [-0.25, -0.2) is 9.78 Å². The van der Waals surface area contributed by atoms with Crippen molar-refractivity contribution in [1.82, 2.24) is 14.9 Å². The second-order valence-corrected chi connectivity index (χ2v) is 6.80. The Balaban J connectivity index is 1.59. The Morgan fingerprint density at radius 2 is 2.12 bits per heavy atom. The van der Waals surface area contributed by atoms with Crippen molar-refractivity contribution in [3.8, 4) is 6.01 Å². The van der Waals surface area contributed by atoms with Crippen LogP contribution in [0.2, 0.25) is 10.0 Å². The Morgan fingerprint density at radius 3 is 2.92 bits per heavy atom. The molecule has 0 aliphatic carbocycles. The molecule has 0 saturated carbocycles. The lowest BCUT2D eigenvalue weighted by atomic mass is 10.00. The Labute approximate surface area is 148 Å². The maximum Gasteiger partial charge on any atom is 0.322 e. The predicted octanol–water partition coefficient (Wildman–Crippen LogP) is 3.78. The molecule has 2 bridgehead atoms. The van der Waals surface area contributed by atoms with E-state index in [0.717, 1.165) is 24.1 Å². The molecule has 2 N–H and O–H groups in total. The summed E-state index contributed by atoms with van der Waals surface area (Å²) in [7, 11) is 0. The van der Waals surface area contributed by atoms with Crippen LogP contribution in [-0.2, 0) is 6.42 Å². The number of urea groups is 1. The van der Waals surface area contributed by atoms with Crippen molar-refractivity contribution in [3.63, 3.8) is 0 Å². The quantitative estimate of drug-likeness (QED) is 0.806. The van der Waals surface area contributed by atoms with Crippen LogP contribution in [-0.4, -0.2) is 32.0 Å². The van der Waals surface area contributed by atoms with Gasteiger partial charge in [-0.2, -0.15) is 4.98 Å². The first-order valence-corrected chi connectivity index (χ1v) is 8.37. The normalized spacial score (nSPS) is 21.5. The molecular formula is C16H14Cl2N4O2. The minimum absolute atomic E-state index is 0.0675. The number of carbonyl (C=O) groups excluding carboxylic acids is 1. The fourth-order valence-electron chi connectivity index (χ4n) is 3.54. The molecule has 3 heterocycles. The van der Waals surface area contributed by atoms with Crippen LogP contribution in [0.15, 0.2) is 24.4 Å². The Hall–Kier alpha value is -2.05. The van der Waals surface area contributed by atoms with Gasteiger partial charge in [-0.3, -0.25) is 0 Å². The van der Waals surface area contributed by atoms with E-state index >= 15 is 0 Å². The van der Waals surface area contributed by atoms with Gasteiger partial charge in [-0.05, 0) is 31.0 Å². The largest absolute Gasteiger partial charge is 0.479 e. The molecule has 8 heteroatoms. The zero-order valence-corrected chi connectivity index (χ0v) is 14.1. The van der Waals surface area contributed by atoms with Crippen LogP contribution in [0.5, 0.6) is 6.01 Å². The van der Waals surface area contributed by atoms with E-state index in [4.69, 9.17) is 23.2 Å². The fraction of sp³-hybridized carbons (Fsp3) is 0.312.